The zero-order chi connectivity index (χ0) is 32.4. The van der Waals surface area contributed by atoms with Crippen molar-refractivity contribution in [2.45, 2.75) is 68.8 Å². The third-order valence-corrected chi connectivity index (χ3v) is 11.4. The number of fused-ring (bicyclic) bond motifs is 1. The number of β-amino-alcohol motifs (C(OH)–C–C–N with tert-alkyl or cyclic N) is 1. The Labute approximate surface area is 267 Å². The number of aliphatic hydroxyl groups excluding tert-OH is 1. The van der Waals surface area contributed by atoms with E-state index < -0.39 is 27.9 Å². The highest BCUT2D eigenvalue weighted by molar-refractivity contribution is 7.99. The van der Waals surface area contributed by atoms with Crippen molar-refractivity contribution in [1.29, 1.82) is 0 Å². The number of thioether (sulfide) groups is 1. The molecule has 0 aliphatic carbocycles. The molecular weight excluding hydrogens is 629 g/mol. The number of amides is 1. The Kier molecular flexibility index (Phi) is 10.9. The Bertz CT molecular complexity index is 1450. The van der Waals surface area contributed by atoms with Crippen molar-refractivity contribution < 1.29 is 31.5 Å². The summed E-state index contributed by atoms with van der Waals surface area (Å²) in [5.74, 6) is -0.0423. The first kappa shape index (κ1) is 34.2. The van der Waals surface area contributed by atoms with E-state index in [2.05, 4.69) is 9.80 Å². The van der Waals surface area contributed by atoms with E-state index >= 15 is 0 Å². The first-order chi connectivity index (χ1) is 21.3. The molecule has 3 aliphatic rings. The molecule has 0 radical (unpaired) electrons. The Morgan fingerprint density at radius 3 is 2.44 bits per heavy atom. The summed E-state index contributed by atoms with van der Waals surface area (Å²) in [5, 5.41) is 15.8. The van der Waals surface area contributed by atoms with Crippen molar-refractivity contribution in [2.24, 2.45) is 11.7 Å². The van der Waals surface area contributed by atoms with Gasteiger partial charge in [0.2, 0.25) is 15.9 Å². The van der Waals surface area contributed by atoms with E-state index in [-0.39, 0.29) is 36.4 Å². The molecule has 10 nitrogen and oxygen atoms in total. The molecule has 3 N–H and O–H groups in total. The van der Waals surface area contributed by atoms with E-state index in [0.717, 1.165) is 55.7 Å². The summed E-state index contributed by atoms with van der Waals surface area (Å²) in [7, 11) is -3.51. The molecule has 1 amide bonds. The standard InChI is InChI=1S/C30H43F3N6O4S2/c1-45(42,43)38-14-9-26-24(20-38)28(35-39(26)19-23(40)18-37-10-3-2-4-11-37)22-5-6-25(30(31,32)33)27(17-22)44-16-15-36-12-7-21(8-13-36)29(34)41/h5-6,17,21,23,40H,2-4,7-16,18-20H2,1H3,(H2,34,41)/t23-/m1/s1. The maximum Gasteiger partial charge on any atom is 0.417 e. The summed E-state index contributed by atoms with van der Waals surface area (Å²) < 4.78 is 70.3. The lowest BCUT2D eigenvalue weighted by Gasteiger charge is -2.30. The Morgan fingerprint density at radius 2 is 1.80 bits per heavy atom. The summed E-state index contributed by atoms with van der Waals surface area (Å²) in [6, 6.07) is 3.98. The molecule has 2 saturated heterocycles. The van der Waals surface area contributed by atoms with Crippen molar-refractivity contribution in [1.82, 2.24) is 23.9 Å². The van der Waals surface area contributed by atoms with Crippen molar-refractivity contribution >= 4 is 27.7 Å². The summed E-state index contributed by atoms with van der Waals surface area (Å²) in [5.41, 5.74) is 7.06. The Hall–Kier alpha value is -2.17. The lowest BCUT2D eigenvalue weighted by Crippen LogP contribution is -2.39. The highest BCUT2D eigenvalue weighted by Gasteiger charge is 2.35. The number of nitrogens with zero attached hydrogens (tertiary/aromatic N) is 5. The van der Waals surface area contributed by atoms with E-state index in [1.54, 1.807) is 4.68 Å². The fourth-order valence-corrected chi connectivity index (χ4v) is 8.48. The van der Waals surface area contributed by atoms with Gasteiger partial charge in [0.15, 0.2) is 0 Å². The summed E-state index contributed by atoms with van der Waals surface area (Å²) in [6.45, 7) is 4.82. The molecule has 4 heterocycles. The lowest BCUT2D eigenvalue weighted by molar-refractivity contribution is -0.139. The molecule has 0 spiro atoms. The van der Waals surface area contributed by atoms with Gasteiger partial charge in [0.05, 0.1) is 30.2 Å². The number of carbonyl (C=O) groups is 1. The molecule has 3 aliphatic heterocycles. The van der Waals surface area contributed by atoms with Gasteiger partial charge < -0.3 is 20.6 Å². The van der Waals surface area contributed by atoms with Crippen LogP contribution in [0.25, 0.3) is 11.3 Å². The van der Waals surface area contributed by atoms with Gasteiger partial charge in [-0.15, -0.1) is 11.8 Å². The maximum absolute atomic E-state index is 14.1. The van der Waals surface area contributed by atoms with Gasteiger partial charge in [-0.1, -0.05) is 12.5 Å². The minimum absolute atomic E-state index is 0.0659. The molecule has 2 aromatic rings. The van der Waals surface area contributed by atoms with Gasteiger partial charge in [0.1, 0.15) is 0 Å². The Balaban J connectivity index is 1.39. The molecule has 2 fully saturated rings. The number of hydrogen-bond acceptors (Lipinski definition) is 8. The van der Waals surface area contributed by atoms with Gasteiger partial charge in [-0.05, 0) is 64.0 Å². The van der Waals surface area contributed by atoms with E-state index in [1.165, 1.54) is 22.9 Å². The number of rotatable bonds is 11. The van der Waals surface area contributed by atoms with Crippen LogP contribution in [0.15, 0.2) is 23.1 Å². The van der Waals surface area contributed by atoms with Crippen LogP contribution in [0.3, 0.4) is 0 Å². The second-order valence-electron chi connectivity index (χ2n) is 12.4. The molecule has 5 rings (SSSR count). The van der Waals surface area contributed by atoms with Crippen LogP contribution >= 0.6 is 11.8 Å². The number of halogens is 3. The fraction of sp³-hybridized carbons (Fsp3) is 0.667. The number of aromatic nitrogens is 2. The number of primary amides is 1. The van der Waals surface area contributed by atoms with Crippen LogP contribution in [0.2, 0.25) is 0 Å². The molecular formula is C30H43F3N6O4S2. The third kappa shape index (κ3) is 8.60. The molecule has 45 heavy (non-hydrogen) atoms. The summed E-state index contributed by atoms with van der Waals surface area (Å²) in [4.78, 5) is 15.9. The van der Waals surface area contributed by atoms with Crippen LogP contribution in [-0.4, -0.2) is 107 Å². The van der Waals surface area contributed by atoms with Gasteiger partial charge >= 0.3 is 6.18 Å². The van der Waals surface area contributed by atoms with E-state index in [0.29, 0.717) is 68.0 Å². The van der Waals surface area contributed by atoms with Gasteiger partial charge in [-0.2, -0.15) is 22.6 Å². The second-order valence-corrected chi connectivity index (χ2v) is 15.5. The molecule has 1 aromatic carbocycles. The van der Waals surface area contributed by atoms with Crippen molar-refractivity contribution in [3.63, 3.8) is 0 Å². The molecule has 250 valence electrons. The van der Waals surface area contributed by atoms with Crippen LogP contribution in [0.1, 0.15) is 48.9 Å². The van der Waals surface area contributed by atoms with Gasteiger partial charge in [0.25, 0.3) is 0 Å². The zero-order valence-electron chi connectivity index (χ0n) is 25.6. The highest BCUT2D eigenvalue weighted by Crippen LogP contribution is 2.40. The molecule has 0 saturated carbocycles. The SMILES string of the molecule is CS(=O)(=O)N1CCc2c(c(-c3ccc(C(F)(F)F)c(SCCN4CCC(C(N)=O)CC4)c3)nn2C[C@H](O)CN2CCCCC2)C1. The average molecular weight is 673 g/mol. The number of hydrogen-bond donors (Lipinski definition) is 2. The number of nitrogens with two attached hydrogens (primary N) is 1. The van der Waals surface area contributed by atoms with Gasteiger partial charge in [-0.3, -0.25) is 9.48 Å². The number of likely N-dealkylation sites (tertiary alicyclic amines) is 2. The monoisotopic (exact) mass is 672 g/mol. The van der Waals surface area contributed by atoms with Crippen molar-refractivity contribution in [3.8, 4) is 11.3 Å². The number of sulfonamides is 1. The summed E-state index contributed by atoms with van der Waals surface area (Å²) >= 11 is 1.12. The van der Waals surface area contributed by atoms with Crippen LogP contribution in [0, 0.1) is 5.92 Å². The van der Waals surface area contributed by atoms with E-state index in [1.807, 2.05) is 0 Å². The number of piperidine rings is 2. The summed E-state index contributed by atoms with van der Waals surface area (Å²) in [6.07, 6.45) is 0.957. The van der Waals surface area contributed by atoms with Crippen molar-refractivity contribution in [3.05, 3.63) is 35.0 Å². The van der Waals surface area contributed by atoms with E-state index in [9.17, 15) is 31.5 Å². The molecule has 0 unspecified atom stereocenters. The molecule has 15 heteroatoms. The Morgan fingerprint density at radius 1 is 1.09 bits per heavy atom. The number of carbonyl (C=O) groups excluding carboxylic acids is 1. The fourth-order valence-electron chi connectivity index (χ4n) is 6.58. The van der Waals surface area contributed by atoms with Crippen LogP contribution in [-0.2, 0) is 40.5 Å². The number of alkyl halides is 3. The largest absolute Gasteiger partial charge is 0.417 e. The smallest absolute Gasteiger partial charge is 0.390 e. The third-order valence-electron chi connectivity index (χ3n) is 9.08. The van der Waals surface area contributed by atoms with Gasteiger partial charge in [-0.25, -0.2) is 8.42 Å². The normalized spacial score (nSPS) is 20.3. The van der Waals surface area contributed by atoms with Crippen LogP contribution in [0.5, 0.6) is 0 Å². The zero-order valence-corrected chi connectivity index (χ0v) is 27.3. The minimum atomic E-state index is -4.55. The van der Waals surface area contributed by atoms with Crippen LogP contribution < -0.4 is 5.73 Å². The predicted molar refractivity (Wildman–Crippen MR) is 167 cm³/mol. The van der Waals surface area contributed by atoms with Crippen molar-refractivity contribution in [2.75, 3.05) is 57.8 Å². The van der Waals surface area contributed by atoms with Crippen LogP contribution in [0.4, 0.5) is 13.2 Å². The second kappa shape index (κ2) is 14.3. The topological polar surface area (TPSA) is 125 Å². The minimum Gasteiger partial charge on any atom is -0.390 e. The lowest BCUT2D eigenvalue weighted by atomic mass is 9.96. The molecule has 1 aromatic heterocycles. The first-order valence-corrected chi connectivity index (χ1v) is 18.4. The first-order valence-electron chi connectivity index (χ1n) is 15.6. The molecule has 1 atom stereocenters. The van der Waals surface area contributed by atoms with Gasteiger partial charge in [0, 0.05) is 66.0 Å². The highest BCUT2D eigenvalue weighted by atomic mass is 32.2. The number of benzene rings is 1. The maximum atomic E-state index is 14.1. The number of aliphatic hydroxyl groups is 1. The predicted octanol–water partition coefficient (Wildman–Crippen LogP) is 3.02. The molecule has 0 bridgehead atoms. The van der Waals surface area contributed by atoms with E-state index in [4.69, 9.17) is 10.8 Å². The quantitative estimate of drug-likeness (QED) is 0.350. The average Bonchev–Trinajstić information content (AvgIpc) is 3.34.